The number of nitrogens with one attached hydrogen (secondary N) is 3. The lowest BCUT2D eigenvalue weighted by atomic mass is 10.1. The van der Waals surface area contributed by atoms with E-state index in [1.807, 2.05) is 42.6 Å². The summed E-state index contributed by atoms with van der Waals surface area (Å²) in [5, 5.41) is 5.17. The van der Waals surface area contributed by atoms with Gasteiger partial charge in [0.2, 0.25) is 10.0 Å². The van der Waals surface area contributed by atoms with Crippen molar-refractivity contribution in [1.82, 2.24) is 15.0 Å². The van der Waals surface area contributed by atoms with Crippen molar-refractivity contribution < 1.29 is 13.2 Å². The number of aromatic nitrogens is 1. The maximum Gasteiger partial charge on any atom is 0.240 e. The summed E-state index contributed by atoms with van der Waals surface area (Å²) in [7, 11) is -3.61. The minimum absolute atomic E-state index is 0.213. The number of hydrogen-bond acceptors (Lipinski definition) is 5. The summed E-state index contributed by atoms with van der Waals surface area (Å²) < 4.78 is 34.3. The van der Waals surface area contributed by atoms with E-state index in [2.05, 4.69) is 26.0 Å². The molecule has 0 bridgehead atoms. The molecule has 1 fully saturated rings. The van der Waals surface area contributed by atoms with Crippen molar-refractivity contribution >= 4 is 38.2 Å². The van der Waals surface area contributed by atoms with Crippen LogP contribution in [0, 0.1) is 0 Å². The molecular weight excluding hydrogens is 508 g/mol. The molecule has 0 radical (unpaired) electrons. The van der Waals surface area contributed by atoms with Crippen LogP contribution in [0.3, 0.4) is 0 Å². The first-order valence-electron chi connectivity index (χ1n) is 12.6. The van der Waals surface area contributed by atoms with Crippen molar-refractivity contribution in [3.05, 3.63) is 83.5 Å². The lowest BCUT2D eigenvalue weighted by Crippen LogP contribution is -2.27. The molecule has 0 saturated carbocycles. The molecule has 1 aliphatic rings. The van der Waals surface area contributed by atoms with Gasteiger partial charge >= 0.3 is 0 Å². The zero-order valence-electron chi connectivity index (χ0n) is 20.5. The number of benzene rings is 3. The third kappa shape index (κ3) is 6.45. The number of aromatic amines is 1. The molecule has 0 spiro atoms. The van der Waals surface area contributed by atoms with Gasteiger partial charge in [-0.3, -0.25) is 0 Å². The number of anilines is 1. The zero-order valence-corrected chi connectivity index (χ0v) is 22.1. The zero-order chi connectivity index (χ0) is 25.7. The van der Waals surface area contributed by atoms with E-state index < -0.39 is 10.0 Å². The first kappa shape index (κ1) is 25.6. The van der Waals surface area contributed by atoms with Crippen LogP contribution in [0.25, 0.3) is 10.9 Å². The lowest BCUT2D eigenvalue weighted by Gasteiger charge is -2.22. The van der Waals surface area contributed by atoms with E-state index in [4.69, 9.17) is 16.3 Å². The Bertz CT molecular complexity index is 1450. The van der Waals surface area contributed by atoms with Gasteiger partial charge in [0.1, 0.15) is 11.5 Å². The second-order valence-electron chi connectivity index (χ2n) is 9.17. The highest BCUT2D eigenvalue weighted by Gasteiger charge is 2.15. The van der Waals surface area contributed by atoms with Gasteiger partial charge in [0.25, 0.3) is 0 Å². The SMILES string of the molecule is O=S(=O)(NCCCc1c[nH]c2ccc(Cl)cc12)c1ccc(Oc2cccc(N3CCCNCC3)c2)cc1. The van der Waals surface area contributed by atoms with Crippen molar-refractivity contribution in [2.24, 2.45) is 0 Å². The van der Waals surface area contributed by atoms with Gasteiger partial charge in [-0.2, -0.15) is 0 Å². The first-order valence-corrected chi connectivity index (χ1v) is 14.4. The van der Waals surface area contributed by atoms with Gasteiger partial charge < -0.3 is 19.9 Å². The van der Waals surface area contributed by atoms with Crippen molar-refractivity contribution in [3.8, 4) is 11.5 Å². The summed E-state index contributed by atoms with van der Waals surface area (Å²) in [6.45, 7) is 4.31. The highest BCUT2D eigenvalue weighted by molar-refractivity contribution is 7.89. The summed E-state index contributed by atoms with van der Waals surface area (Å²) in [5.41, 5.74) is 3.27. The molecular formula is C28H31ClN4O3S. The molecule has 0 unspecified atom stereocenters. The Morgan fingerprint density at radius 3 is 2.70 bits per heavy atom. The molecule has 2 heterocycles. The molecule has 0 amide bonds. The number of H-pyrrole nitrogens is 1. The molecule has 0 atom stereocenters. The molecule has 194 valence electrons. The van der Waals surface area contributed by atoms with Crippen LogP contribution < -0.4 is 19.7 Å². The van der Waals surface area contributed by atoms with Crippen LogP contribution in [0.1, 0.15) is 18.4 Å². The van der Waals surface area contributed by atoms with Gasteiger partial charge in [0, 0.05) is 60.1 Å². The second-order valence-corrected chi connectivity index (χ2v) is 11.4. The smallest absolute Gasteiger partial charge is 0.240 e. The molecule has 37 heavy (non-hydrogen) atoms. The van der Waals surface area contributed by atoms with Crippen LogP contribution in [0.5, 0.6) is 11.5 Å². The molecule has 0 aliphatic carbocycles. The number of rotatable bonds is 9. The van der Waals surface area contributed by atoms with Gasteiger partial charge in [-0.05, 0) is 86.0 Å². The fourth-order valence-corrected chi connectivity index (χ4v) is 5.84. The quantitative estimate of drug-likeness (QED) is 0.251. The van der Waals surface area contributed by atoms with E-state index in [0.717, 1.165) is 66.9 Å². The number of hydrogen-bond donors (Lipinski definition) is 3. The van der Waals surface area contributed by atoms with Crippen LogP contribution in [-0.4, -0.2) is 46.1 Å². The molecule has 5 rings (SSSR count). The molecule has 3 aromatic carbocycles. The van der Waals surface area contributed by atoms with Gasteiger partial charge in [0.05, 0.1) is 4.90 Å². The fraction of sp³-hybridized carbons (Fsp3) is 0.286. The van der Waals surface area contributed by atoms with Gasteiger partial charge in [0.15, 0.2) is 0 Å². The molecule has 4 aromatic rings. The molecule has 1 saturated heterocycles. The average molecular weight is 539 g/mol. The number of nitrogens with zero attached hydrogens (tertiary/aromatic N) is 1. The minimum Gasteiger partial charge on any atom is -0.457 e. The standard InChI is InChI=1S/C28H31ClN4O3S/c29-22-7-12-28-27(18-22)21(20-31-28)4-2-14-32-37(34,35)26-10-8-24(9-11-26)36-25-6-1-5-23(19-25)33-16-3-13-30-15-17-33/h1,5-12,18-20,30-32H,2-4,13-17H2. The van der Waals surface area contributed by atoms with Gasteiger partial charge in [-0.15, -0.1) is 0 Å². The third-order valence-corrected chi connectivity index (χ3v) is 8.25. The maximum absolute atomic E-state index is 12.8. The second kappa shape index (κ2) is 11.6. The summed E-state index contributed by atoms with van der Waals surface area (Å²) in [6.07, 6.45) is 4.47. The average Bonchev–Trinajstić information content (AvgIpc) is 3.10. The van der Waals surface area contributed by atoms with Crippen LogP contribution in [0.4, 0.5) is 5.69 Å². The van der Waals surface area contributed by atoms with Crippen LogP contribution in [-0.2, 0) is 16.4 Å². The monoisotopic (exact) mass is 538 g/mol. The number of aryl methyl sites for hydroxylation is 1. The summed E-state index contributed by atoms with van der Waals surface area (Å²) >= 11 is 6.12. The fourth-order valence-electron chi connectivity index (χ4n) is 4.60. The van der Waals surface area contributed by atoms with E-state index in [1.165, 1.54) is 0 Å². The highest BCUT2D eigenvalue weighted by Crippen LogP contribution is 2.27. The molecule has 1 aliphatic heterocycles. The highest BCUT2D eigenvalue weighted by atomic mass is 35.5. The van der Waals surface area contributed by atoms with Gasteiger partial charge in [-0.25, -0.2) is 13.1 Å². The Kier molecular flexibility index (Phi) is 8.00. The Balaban J connectivity index is 1.16. The number of ether oxygens (including phenoxy) is 1. The summed E-state index contributed by atoms with van der Waals surface area (Å²) in [4.78, 5) is 5.79. The maximum atomic E-state index is 12.8. The largest absolute Gasteiger partial charge is 0.457 e. The third-order valence-electron chi connectivity index (χ3n) is 6.54. The van der Waals surface area contributed by atoms with Crippen molar-refractivity contribution in [1.29, 1.82) is 0 Å². The van der Waals surface area contributed by atoms with Crippen LogP contribution in [0.15, 0.2) is 77.8 Å². The predicted molar refractivity (Wildman–Crippen MR) is 149 cm³/mol. The van der Waals surface area contributed by atoms with Crippen LogP contribution >= 0.6 is 11.6 Å². The first-order chi connectivity index (χ1) is 18.0. The summed E-state index contributed by atoms with van der Waals surface area (Å²) in [5.74, 6) is 1.31. The Morgan fingerprint density at radius 2 is 1.84 bits per heavy atom. The lowest BCUT2D eigenvalue weighted by molar-refractivity contribution is 0.482. The molecule has 7 nitrogen and oxygen atoms in total. The molecule has 1 aromatic heterocycles. The molecule has 9 heteroatoms. The van der Waals surface area contributed by atoms with Gasteiger partial charge in [-0.1, -0.05) is 17.7 Å². The molecule has 3 N–H and O–H groups in total. The Morgan fingerprint density at radius 1 is 0.973 bits per heavy atom. The van der Waals surface area contributed by atoms with E-state index in [1.54, 1.807) is 24.3 Å². The Labute approximate surface area is 222 Å². The van der Waals surface area contributed by atoms with Crippen molar-refractivity contribution in [2.45, 2.75) is 24.2 Å². The van der Waals surface area contributed by atoms with E-state index in [9.17, 15) is 8.42 Å². The number of fused-ring (bicyclic) bond motifs is 1. The topological polar surface area (TPSA) is 86.5 Å². The van der Waals surface area contributed by atoms with Crippen molar-refractivity contribution in [3.63, 3.8) is 0 Å². The van der Waals surface area contributed by atoms with E-state index in [0.29, 0.717) is 23.7 Å². The number of halogens is 1. The Hall–Kier alpha value is -3.04. The predicted octanol–water partition coefficient (Wildman–Crippen LogP) is 5.32. The number of sulfonamides is 1. The normalized spacial score (nSPS) is 14.6. The van der Waals surface area contributed by atoms with Crippen LogP contribution in [0.2, 0.25) is 5.02 Å². The summed E-state index contributed by atoms with van der Waals surface area (Å²) in [6, 6.07) is 20.3. The van der Waals surface area contributed by atoms with Crippen molar-refractivity contribution in [2.75, 3.05) is 37.6 Å². The minimum atomic E-state index is -3.61. The van der Waals surface area contributed by atoms with E-state index in [-0.39, 0.29) is 4.90 Å². The van der Waals surface area contributed by atoms with E-state index >= 15 is 0 Å².